The van der Waals surface area contributed by atoms with Crippen molar-refractivity contribution in [1.82, 2.24) is 4.90 Å². The summed E-state index contributed by atoms with van der Waals surface area (Å²) >= 11 is 0. The van der Waals surface area contributed by atoms with E-state index in [4.69, 9.17) is 9.47 Å². The van der Waals surface area contributed by atoms with Gasteiger partial charge in [-0.1, -0.05) is 45.0 Å². The van der Waals surface area contributed by atoms with Gasteiger partial charge < -0.3 is 14.4 Å². The van der Waals surface area contributed by atoms with E-state index in [0.29, 0.717) is 17.1 Å². The van der Waals surface area contributed by atoms with E-state index < -0.39 is 5.97 Å². The molecule has 0 N–H and O–H groups in total. The first-order valence-corrected chi connectivity index (χ1v) is 10.5. The Balaban J connectivity index is 1.36. The molecule has 2 aromatic rings. The Kier molecular flexibility index (Phi) is 5.31. The number of benzene rings is 2. The number of carbonyl (C=O) groups excluding carboxylic acids is 2. The number of likely N-dealkylation sites (tertiary alicyclic amines) is 1. The van der Waals surface area contributed by atoms with Crippen LogP contribution in [0.25, 0.3) is 0 Å². The monoisotopic (exact) mass is 407 g/mol. The SMILES string of the molecule is CC1(C)CC2CC(C)(CN2C(=O)COC(=O)c2cccc(Oc3ccccc3)c2)C1. The van der Waals surface area contributed by atoms with Crippen molar-refractivity contribution >= 4 is 11.9 Å². The summed E-state index contributed by atoms with van der Waals surface area (Å²) in [6.07, 6.45) is 3.16. The number of hydrogen-bond donors (Lipinski definition) is 0. The van der Waals surface area contributed by atoms with Gasteiger partial charge in [-0.05, 0) is 60.4 Å². The van der Waals surface area contributed by atoms with E-state index in [9.17, 15) is 9.59 Å². The fourth-order valence-corrected chi connectivity index (χ4v) is 5.36. The lowest BCUT2D eigenvalue weighted by Gasteiger charge is -2.39. The number of esters is 1. The lowest BCUT2D eigenvalue weighted by atomic mass is 9.65. The molecule has 0 radical (unpaired) electrons. The molecule has 2 fully saturated rings. The quantitative estimate of drug-likeness (QED) is 0.650. The fraction of sp³-hybridized carbons (Fsp3) is 0.440. The number of carbonyl (C=O) groups is 2. The summed E-state index contributed by atoms with van der Waals surface area (Å²) < 4.78 is 11.1. The number of ether oxygens (including phenoxy) is 2. The Labute approximate surface area is 178 Å². The molecule has 4 rings (SSSR count). The Morgan fingerprint density at radius 3 is 2.50 bits per heavy atom. The van der Waals surface area contributed by atoms with Crippen LogP contribution in [0.1, 0.15) is 50.4 Å². The summed E-state index contributed by atoms with van der Waals surface area (Å²) in [6.45, 7) is 7.33. The summed E-state index contributed by atoms with van der Waals surface area (Å²) in [5.74, 6) is 0.613. The molecule has 5 heteroatoms. The molecule has 5 nitrogen and oxygen atoms in total. The minimum absolute atomic E-state index is 0.105. The van der Waals surface area contributed by atoms with Crippen molar-refractivity contribution in [2.45, 2.75) is 46.1 Å². The Morgan fingerprint density at radius 2 is 1.73 bits per heavy atom. The number of nitrogens with zero attached hydrogens (tertiary/aromatic N) is 1. The van der Waals surface area contributed by atoms with Gasteiger partial charge in [-0.25, -0.2) is 4.79 Å². The maximum Gasteiger partial charge on any atom is 0.338 e. The number of para-hydroxylation sites is 1. The largest absolute Gasteiger partial charge is 0.457 e. The van der Waals surface area contributed by atoms with Crippen LogP contribution >= 0.6 is 0 Å². The van der Waals surface area contributed by atoms with Crippen LogP contribution < -0.4 is 4.74 Å². The van der Waals surface area contributed by atoms with Crippen molar-refractivity contribution in [3.63, 3.8) is 0 Å². The van der Waals surface area contributed by atoms with Gasteiger partial charge >= 0.3 is 5.97 Å². The highest BCUT2D eigenvalue weighted by Gasteiger charge is 2.50. The molecule has 2 aliphatic rings. The van der Waals surface area contributed by atoms with Crippen molar-refractivity contribution in [3.05, 3.63) is 60.2 Å². The van der Waals surface area contributed by atoms with Crippen LogP contribution in [0.15, 0.2) is 54.6 Å². The van der Waals surface area contributed by atoms with Crippen molar-refractivity contribution in [1.29, 1.82) is 0 Å². The molecule has 158 valence electrons. The maximum absolute atomic E-state index is 12.8. The molecule has 0 spiro atoms. The lowest BCUT2D eigenvalue weighted by Crippen LogP contribution is -2.39. The van der Waals surface area contributed by atoms with Crippen LogP contribution in [0.5, 0.6) is 11.5 Å². The van der Waals surface area contributed by atoms with Gasteiger partial charge in [-0.2, -0.15) is 0 Å². The molecule has 1 aliphatic carbocycles. The third-order valence-corrected chi connectivity index (χ3v) is 6.11. The van der Waals surface area contributed by atoms with E-state index in [2.05, 4.69) is 20.8 Å². The van der Waals surface area contributed by atoms with E-state index in [0.717, 1.165) is 25.8 Å². The summed E-state index contributed by atoms with van der Waals surface area (Å²) in [4.78, 5) is 27.3. The maximum atomic E-state index is 12.8. The highest BCUT2D eigenvalue weighted by atomic mass is 16.5. The summed E-state index contributed by atoms with van der Waals surface area (Å²) in [6, 6.07) is 16.4. The lowest BCUT2D eigenvalue weighted by molar-refractivity contribution is -0.135. The number of rotatable bonds is 5. The molecule has 1 aliphatic heterocycles. The summed E-state index contributed by atoms with van der Waals surface area (Å²) in [5.41, 5.74) is 0.766. The van der Waals surface area contributed by atoms with E-state index in [-0.39, 0.29) is 29.4 Å². The predicted molar refractivity (Wildman–Crippen MR) is 114 cm³/mol. The molecule has 2 atom stereocenters. The molecule has 1 amide bonds. The van der Waals surface area contributed by atoms with E-state index >= 15 is 0 Å². The third kappa shape index (κ3) is 4.50. The van der Waals surface area contributed by atoms with Gasteiger partial charge in [0.2, 0.25) is 0 Å². The molecular formula is C25H29NO4. The Hall–Kier alpha value is -2.82. The number of fused-ring (bicyclic) bond motifs is 2. The molecule has 30 heavy (non-hydrogen) atoms. The van der Waals surface area contributed by atoms with Crippen LogP contribution in [0.3, 0.4) is 0 Å². The zero-order valence-electron chi connectivity index (χ0n) is 17.9. The van der Waals surface area contributed by atoms with Crippen LogP contribution in [-0.4, -0.2) is 36.0 Å². The summed E-state index contributed by atoms with van der Waals surface area (Å²) in [5, 5.41) is 0. The molecule has 1 saturated heterocycles. The predicted octanol–water partition coefficient (Wildman–Crippen LogP) is 5.06. The highest BCUT2D eigenvalue weighted by Crippen LogP contribution is 2.52. The van der Waals surface area contributed by atoms with Crippen LogP contribution in [0, 0.1) is 10.8 Å². The smallest absolute Gasteiger partial charge is 0.338 e. The van der Waals surface area contributed by atoms with Crippen molar-refractivity contribution in [3.8, 4) is 11.5 Å². The van der Waals surface area contributed by atoms with Gasteiger partial charge in [0.25, 0.3) is 5.91 Å². The second-order valence-corrected chi connectivity index (χ2v) is 9.75. The molecule has 2 aromatic carbocycles. The highest BCUT2D eigenvalue weighted by molar-refractivity contribution is 5.91. The van der Waals surface area contributed by atoms with Crippen molar-refractivity contribution in [2.75, 3.05) is 13.2 Å². The van der Waals surface area contributed by atoms with E-state index in [1.54, 1.807) is 24.3 Å². The second-order valence-electron chi connectivity index (χ2n) is 9.75. The average molecular weight is 408 g/mol. The number of hydrogen-bond acceptors (Lipinski definition) is 4. The zero-order valence-corrected chi connectivity index (χ0v) is 17.9. The molecular weight excluding hydrogens is 378 g/mol. The van der Waals surface area contributed by atoms with Gasteiger partial charge in [0.05, 0.1) is 5.56 Å². The standard InChI is InChI=1S/C25H29NO4/c1-24(2)13-19-14-25(3,16-24)17-26(19)22(27)15-29-23(28)18-8-7-11-21(12-18)30-20-9-5-4-6-10-20/h4-12,19H,13-17H2,1-3H3. The molecule has 1 heterocycles. The van der Waals surface area contributed by atoms with E-state index in [1.807, 2.05) is 35.2 Å². The number of amides is 1. The molecule has 2 unspecified atom stereocenters. The van der Waals surface area contributed by atoms with Crippen LogP contribution in [0.2, 0.25) is 0 Å². The first-order valence-electron chi connectivity index (χ1n) is 10.5. The van der Waals surface area contributed by atoms with E-state index in [1.165, 1.54) is 0 Å². The fourth-order valence-electron chi connectivity index (χ4n) is 5.36. The minimum atomic E-state index is -0.518. The van der Waals surface area contributed by atoms with Crippen molar-refractivity contribution in [2.24, 2.45) is 10.8 Å². The molecule has 0 aromatic heterocycles. The first-order chi connectivity index (χ1) is 14.2. The topological polar surface area (TPSA) is 55.8 Å². The summed E-state index contributed by atoms with van der Waals surface area (Å²) in [7, 11) is 0. The third-order valence-electron chi connectivity index (χ3n) is 6.11. The first kappa shape index (κ1) is 20.5. The van der Waals surface area contributed by atoms with Gasteiger partial charge in [-0.3, -0.25) is 4.79 Å². The van der Waals surface area contributed by atoms with Gasteiger partial charge in [0.15, 0.2) is 6.61 Å². The van der Waals surface area contributed by atoms with Gasteiger partial charge in [0.1, 0.15) is 11.5 Å². The van der Waals surface area contributed by atoms with Crippen LogP contribution in [-0.2, 0) is 9.53 Å². The molecule has 2 bridgehead atoms. The normalized spacial score (nSPS) is 24.4. The van der Waals surface area contributed by atoms with Crippen molar-refractivity contribution < 1.29 is 19.1 Å². The minimum Gasteiger partial charge on any atom is -0.457 e. The zero-order chi connectivity index (χ0) is 21.4. The Morgan fingerprint density at radius 1 is 1.00 bits per heavy atom. The van der Waals surface area contributed by atoms with Gasteiger partial charge in [-0.15, -0.1) is 0 Å². The Bertz CT molecular complexity index is 939. The average Bonchev–Trinajstić information content (AvgIpc) is 2.95. The van der Waals surface area contributed by atoms with Gasteiger partial charge in [0, 0.05) is 12.6 Å². The van der Waals surface area contributed by atoms with Crippen LogP contribution in [0.4, 0.5) is 0 Å². The second kappa shape index (κ2) is 7.78. The molecule has 1 saturated carbocycles.